The summed E-state index contributed by atoms with van der Waals surface area (Å²) >= 11 is -3.31. The number of hydrogen-bond donors (Lipinski definition) is 2. The third kappa shape index (κ3) is 3.91. The second-order valence-corrected chi connectivity index (χ2v) is 16.3. The molecule has 0 spiro atoms. The molecular weight excluding hydrogens is 449 g/mol. The van der Waals surface area contributed by atoms with Crippen molar-refractivity contribution in [1.82, 2.24) is 14.8 Å². The number of aromatic amines is 1. The van der Waals surface area contributed by atoms with Crippen molar-refractivity contribution >= 4 is 19.2 Å². The third-order valence-electron chi connectivity index (χ3n) is 4.97. The number of rotatable bonds is 8. The van der Waals surface area contributed by atoms with Gasteiger partial charge in [-0.05, 0) is 0 Å². The number of ether oxygens (including phenoxy) is 1. The molecule has 1 aromatic heterocycles. The normalized spacial score (nSPS) is 29.8. The van der Waals surface area contributed by atoms with Gasteiger partial charge >= 0.3 is 157 Å². The molecule has 0 amide bonds. The van der Waals surface area contributed by atoms with Crippen molar-refractivity contribution in [1.29, 1.82) is 0 Å². The topological polar surface area (TPSA) is 116 Å². The van der Waals surface area contributed by atoms with Crippen molar-refractivity contribution in [3.63, 3.8) is 0 Å². The summed E-state index contributed by atoms with van der Waals surface area (Å²) in [7, 11) is 0. The first-order valence-electron chi connectivity index (χ1n) is 9.33. The second-order valence-electron chi connectivity index (χ2n) is 6.91. The van der Waals surface area contributed by atoms with Crippen molar-refractivity contribution in [3.05, 3.63) is 27.0 Å². The Hall–Kier alpha value is -0.751. The second kappa shape index (κ2) is 8.51. The minimum atomic E-state index is -3.31. The molecule has 3 rings (SSSR count). The predicted octanol–water partition coefficient (Wildman–Crippen LogP) is 0.648. The van der Waals surface area contributed by atoms with Gasteiger partial charge in [0, 0.05) is 0 Å². The van der Waals surface area contributed by atoms with E-state index in [1.807, 2.05) is 0 Å². The van der Waals surface area contributed by atoms with Gasteiger partial charge < -0.3 is 0 Å². The van der Waals surface area contributed by atoms with Gasteiger partial charge in [0.15, 0.2) is 0 Å². The number of H-pyrrole nitrogens is 1. The molecule has 2 saturated heterocycles. The van der Waals surface area contributed by atoms with Gasteiger partial charge in [-0.2, -0.15) is 0 Å². The average Bonchev–Trinajstić information content (AvgIpc) is 3.14. The van der Waals surface area contributed by atoms with Crippen LogP contribution in [0.1, 0.15) is 45.8 Å². The monoisotopic (exact) mass is 477 g/mol. The van der Waals surface area contributed by atoms with E-state index in [9.17, 15) is 14.7 Å². The quantitative estimate of drug-likeness (QED) is 0.530. The summed E-state index contributed by atoms with van der Waals surface area (Å²) in [5.74, 6) is 0. The Morgan fingerprint density at radius 2 is 1.85 bits per heavy atom. The van der Waals surface area contributed by atoms with Crippen LogP contribution in [0.25, 0.3) is 0 Å². The molecule has 0 aromatic carbocycles. The molecule has 146 valence electrons. The summed E-state index contributed by atoms with van der Waals surface area (Å²) in [6.45, 7) is 4.06. The molecule has 26 heavy (non-hydrogen) atoms. The van der Waals surface area contributed by atoms with Crippen molar-refractivity contribution in [2.75, 3.05) is 6.61 Å². The molecule has 0 saturated carbocycles. The summed E-state index contributed by atoms with van der Waals surface area (Å²) in [4.78, 5) is 25.6. The van der Waals surface area contributed by atoms with Crippen LogP contribution in [-0.2, 0) is 10.9 Å². The van der Waals surface area contributed by atoms with Gasteiger partial charge in [-0.15, -0.1) is 0 Å². The number of fused-ring (bicyclic) bond motifs is 1. The van der Waals surface area contributed by atoms with E-state index in [0.717, 1.165) is 45.4 Å². The zero-order chi connectivity index (χ0) is 18.7. The average molecular weight is 476 g/mol. The van der Waals surface area contributed by atoms with E-state index in [4.69, 9.17) is 10.9 Å². The number of aliphatic hydroxyl groups excluding tert-OH is 1. The molecule has 2 aliphatic heterocycles. The van der Waals surface area contributed by atoms with Gasteiger partial charge in [0.2, 0.25) is 0 Å². The van der Waals surface area contributed by atoms with Crippen molar-refractivity contribution in [2.24, 2.45) is 0 Å². The van der Waals surface area contributed by atoms with E-state index in [1.54, 1.807) is 0 Å². The Morgan fingerprint density at radius 1 is 1.19 bits per heavy atom. The van der Waals surface area contributed by atoms with E-state index in [2.05, 4.69) is 23.9 Å². The predicted molar refractivity (Wildman–Crippen MR) is 95.0 cm³/mol. The Balaban J connectivity index is 1.89. The SMILES string of the molecule is CCC[CH2][Sn]1([CH2]CCC)[O][C@H]2[C@H]([O]1)[C@H](n1ncc(=O)[nH]c1=O)O[C@H]2CO. The van der Waals surface area contributed by atoms with Crippen molar-refractivity contribution in [2.45, 2.75) is 72.9 Å². The number of aromatic nitrogens is 3. The van der Waals surface area contributed by atoms with Crippen molar-refractivity contribution < 1.29 is 16.0 Å². The molecule has 2 N–H and O–H groups in total. The third-order valence-corrected chi connectivity index (χ3v) is 15.3. The molecule has 0 aliphatic carbocycles. The first kappa shape index (κ1) is 20.0. The molecule has 2 aliphatic rings. The Kier molecular flexibility index (Phi) is 6.54. The Bertz CT molecular complexity index is 714. The molecule has 3 heterocycles. The van der Waals surface area contributed by atoms with Gasteiger partial charge in [-0.3, -0.25) is 0 Å². The van der Waals surface area contributed by atoms with Crippen LogP contribution >= 0.6 is 0 Å². The number of nitrogens with one attached hydrogen (secondary N) is 1. The van der Waals surface area contributed by atoms with E-state index in [0.29, 0.717) is 0 Å². The van der Waals surface area contributed by atoms with E-state index in [1.165, 1.54) is 0 Å². The number of unbranched alkanes of at least 4 members (excludes halogenated alkanes) is 2. The molecule has 0 bridgehead atoms. The van der Waals surface area contributed by atoms with Crippen LogP contribution in [0.3, 0.4) is 0 Å². The van der Waals surface area contributed by atoms with E-state index in [-0.39, 0.29) is 6.61 Å². The number of nitrogens with zero attached hydrogens (tertiary/aromatic N) is 2. The van der Waals surface area contributed by atoms with Gasteiger partial charge in [0.25, 0.3) is 0 Å². The zero-order valence-electron chi connectivity index (χ0n) is 15.2. The van der Waals surface area contributed by atoms with Gasteiger partial charge in [0.05, 0.1) is 0 Å². The molecule has 4 atom stereocenters. The maximum atomic E-state index is 12.1. The number of hydrogen-bond acceptors (Lipinski definition) is 7. The maximum absolute atomic E-state index is 12.1. The zero-order valence-corrected chi connectivity index (χ0v) is 18.1. The standard InChI is InChI=1S/C8H9N3O6.2C4H9.Sn/c12-2-3-5(14)6(15)7(17-3)11-8(16)10-4(13)1-9-11;2*1-3-4-2;/h1,3,5-7,12H,2H2,(H,10,13,16);2*1,3-4H2,2H3;/q-2;;;+2/t3-,5+,6-,7+;;;/m0.../s1. The molecule has 2 fully saturated rings. The Morgan fingerprint density at radius 3 is 2.42 bits per heavy atom. The summed E-state index contributed by atoms with van der Waals surface area (Å²) in [6.07, 6.45) is 3.02. The van der Waals surface area contributed by atoms with Gasteiger partial charge in [-0.25, -0.2) is 0 Å². The van der Waals surface area contributed by atoms with Gasteiger partial charge in [-0.1, -0.05) is 0 Å². The Labute approximate surface area is 156 Å². The van der Waals surface area contributed by atoms with E-state index < -0.39 is 55.0 Å². The molecule has 0 unspecified atom stereocenters. The van der Waals surface area contributed by atoms with Crippen LogP contribution < -0.4 is 11.2 Å². The van der Waals surface area contributed by atoms with Crippen LogP contribution in [0.15, 0.2) is 15.8 Å². The molecule has 10 heteroatoms. The van der Waals surface area contributed by atoms with Crippen LogP contribution in [-0.4, -0.2) is 64.0 Å². The van der Waals surface area contributed by atoms with Crippen LogP contribution in [0.4, 0.5) is 0 Å². The first-order valence-corrected chi connectivity index (χ1v) is 15.7. The summed E-state index contributed by atoms with van der Waals surface area (Å²) in [5.41, 5.74) is -1.22. The van der Waals surface area contributed by atoms with Crippen LogP contribution in [0.5, 0.6) is 0 Å². The summed E-state index contributed by atoms with van der Waals surface area (Å²) < 4.78 is 21.8. The fourth-order valence-electron chi connectivity index (χ4n) is 3.64. The van der Waals surface area contributed by atoms with Gasteiger partial charge in [0.1, 0.15) is 0 Å². The van der Waals surface area contributed by atoms with E-state index >= 15 is 0 Å². The number of aliphatic hydroxyl groups is 1. The molecular formula is C16H27N3O6Sn. The van der Waals surface area contributed by atoms with Crippen LogP contribution in [0.2, 0.25) is 8.87 Å². The fraction of sp³-hybridized carbons (Fsp3) is 0.812. The van der Waals surface area contributed by atoms with Crippen molar-refractivity contribution in [3.8, 4) is 0 Å². The first-order chi connectivity index (χ1) is 12.5. The molecule has 9 nitrogen and oxygen atoms in total. The molecule has 1 aromatic rings. The molecule has 0 radical (unpaired) electrons. The summed E-state index contributed by atoms with van der Waals surface area (Å²) in [5, 5.41) is 13.6. The minimum absolute atomic E-state index is 0.220. The summed E-state index contributed by atoms with van der Waals surface area (Å²) in [6, 6.07) is 0. The van der Waals surface area contributed by atoms with Crippen LogP contribution in [0, 0.1) is 0 Å². The fourth-order valence-corrected chi connectivity index (χ4v) is 15.3.